The standard InChI is InChI=1S/C27H32N4O4S/c1-19-9-7-10-20(2)25(19)30-36(33,34)24-16-23(17-28-27(24)35-3)29-26(32)22-12-8-11-21(15-22)18-31-13-5-4-6-14-31/h7-12,15-17,30H,4-6,13-14,18H2,1-3H3,(H,29,32). The first kappa shape index (κ1) is 25.7. The van der Waals surface area contributed by atoms with E-state index in [9.17, 15) is 13.2 Å². The molecule has 0 saturated carbocycles. The average Bonchev–Trinajstić information content (AvgIpc) is 2.87. The Morgan fingerprint density at radius 3 is 2.42 bits per heavy atom. The van der Waals surface area contributed by atoms with E-state index in [2.05, 4.69) is 19.9 Å². The molecule has 36 heavy (non-hydrogen) atoms. The van der Waals surface area contributed by atoms with Crippen LogP contribution in [0.4, 0.5) is 11.4 Å². The van der Waals surface area contributed by atoms with Crippen LogP contribution < -0.4 is 14.8 Å². The van der Waals surface area contributed by atoms with Crippen LogP contribution in [0, 0.1) is 13.8 Å². The quantitative estimate of drug-likeness (QED) is 0.456. The lowest BCUT2D eigenvalue weighted by atomic mass is 10.1. The second-order valence-corrected chi connectivity index (χ2v) is 10.7. The highest BCUT2D eigenvalue weighted by Crippen LogP contribution is 2.29. The monoisotopic (exact) mass is 508 g/mol. The number of likely N-dealkylation sites (tertiary alicyclic amines) is 1. The van der Waals surface area contributed by atoms with Gasteiger partial charge in [-0.2, -0.15) is 0 Å². The van der Waals surface area contributed by atoms with Crippen molar-refractivity contribution >= 4 is 27.3 Å². The lowest BCUT2D eigenvalue weighted by molar-refractivity contribution is 0.102. The highest BCUT2D eigenvalue weighted by molar-refractivity contribution is 7.92. The Morgan fingerprint density at radius 1 is 1.03 bits per heavy atom. The van der Waals surface area contributed by atoms with Crippen LogP contribution in [0.3, 0.4) is 0 Å². The number of para-hydroxylation sites is 1. The number of aromatic nitrogens is 1. The minimum absolute atomic E-state index is 0.0599. The van der Waals surface area contributed by atoms with Crippen molar-refractivity contribution in [2.24, 2.45) is 0 Å². The van der Waals surface area contributed by atoms with Crippen molar-refractivity contribution in [3.05, 3.63) is 77.0 Å². The third kappa shape index (κ3) is 6.03. The summed E-state index contributed by atoms with van der Waals surface area (Å²) in [5.74, 6) is -0.399. The molecule has 3 aromatic rings. The van der Waals surface area contributed by atoms with Crippen molar-refractivity contribution in [2.75, 3.05) is 30.2 Å². The number of benzene rings is 2. The lowest BCUT2D eigenvalue weighted by Gasteiger charge is -2.26. The zero-order valence-corrected chi connectivity index (χ0v) is 21.7. The van der Waals surface area contributed by atoms with E-state index in [1.165, 1.54) is 38.6 Å². The predicted octanol–water partition coefficient (Wildman–Crippen LogP) is 4.75. The first-order valence-electron chi connectivity index (χ1n) is 12.0. The van der Waals surface area contributed by atoms with E-state index < -0.39 is 10.0 Å². The highest BCUT2D eigenvalue weighted by Gasteiger charge is 2.24. The van der Waals surface area contributed by atoms with Crippen molar-refractivity contribution in [1.29, 1.82) is 0 Å². The van der Waals surface area contributed by atoms with Gasteiger partial charge in [0.1, 0.15) is 0 Å². The van der Waals surface area contributed by atoms with Crippen LogP contribution in [0.25, 0.3) is 0 Å². The summed E-state index contributed by atoms with van der Waals surface area (Å²) in [6.07, 6.45) is 5.06. The molecule has 1 aliphatic rings. The van der Waals surface area contributed by atoms with Crippen LogP contribution in [0.5, 0.6) is 5.88 Å². The number of pyridine rings is 1. The van der Waals surface area contributed by atoms with Gasteiger partial charge in [-0.05, 0) is 74.7 Å². The summed E-state index contributed by atoms with van der Waals surface area (Å²) in [5, 5.41) is 2.78. The van der Waals surface area contributed by atoms with Crippen LogP contribution in [0.2, 0.25) is 0 Å². The fraction of sp³-hybridized carbons (Fsp3) is 0.333. The summed E-state index contributed by atoms with van der Waals surface area (Å²) < 4.78 is 34.4. The molecule has 190 valence electrons. The first-order chi connectivity index (χ1) is 17.3. The molecular weight excluding hydrogens is 476 g/mol. The van der Waals surface area contributed by atoms with Gasteiger partial charge in [0.05, 0.1) is 24.7 Å². The van der Waals surface area contributed by atoms with Crippen LogP contribution in [-0.2, 0) is 16.6 Å². The second-order valence-electron chi connectivity index (χ2n) is 9.10. The number of anilines is 2. The molecule has 2 N–H and O–H groups in total. The third-order valence-corrected chi connectivity index (χ3v) is 7.66. The van der Waals surface area contributed by atoms with Crippen molar-refractivity contribution in [2.45, 2.75) is 44.6 Å². The molecule has 8 nitrogen and oxygen atoms in total. The van der Waals surface area contributed by atoms with E-state index in [4.69, 9.17) is 4.74 Å². The Bertz CT molecular complexity index is 1330. The number of sulfonamides is 1. The van der Waals surface area contributed by atoms with Crippen molar-refractivity contribution < 1.29 is 17.9 Å². The molecule has 9 heteroatoms. The van der Waals surface area contributed by atoms with Gasteiger partial charge in [-0.15, -0.1) is 0 Å². The molecule has 2 aromatic carbocycles. The van der Waals surface area contributed by atoms with Crippen molar-refractivity contribution in [1.82, 2.24) is 9.88 Å². The number of piperidine rings is 1. The number of ether oxygens (including phenoxy) is 1. The molecule has 0 spiro atoms. The third-order valence-electron chi connectivity index (χ3n) is 6.32. The Hall–Kier alpha value is -3.43. The number of nitrogens with one attached hydrogen (secondary N) is 2. The van der Waals surface area contributed by atoms with Crippen LogP contribution in [0.15, 0.2) is 59.6 Å². The number of carbonyl (C=O) groups excluding carboxylic acids is 1. The molecule has 0 atom stereocenters. The molecule has 1 amide bonds. The maximum Gasteiger partial charge on any atom is 0.267 e. The summed E-state index contributed by atoms with van der Waals surface area (Å²) in [4.78, 5) is 19.4. The first-order valence-corrected chi connectivity index (χ1v) is 13.5. The molecule has 0 bridgehead atoms. The Kier molecular flexibility index (Phi) is 7.91. The second kappa shape index (κ2) is 11.1. The van der Waals surface area contributed by atoms with E-state index in [1.54, 1.807) is 6.07 Å². The summed E-state index contributed by atoms with van der Waals surface area (Å²) in [5.41, 5.74) is 3.90. The number of hydrogen-bond acceptors (Lipinski definition) is 6. The SMILES string of the molecule is COc1ncc(NC(=O)c2cccc(CN3CCCCC3)c2)cc1S(=O)(=O)Nc1c(C)cccc1C. The summed E-state index contributed by atoms with van der Waals surface area (Å²) in [6.45, 7) is 6.60. The van der Waals surface area contributed by atoms with E-state index in [1.807, 2.05) is 50.2 Å². The summed E-state index contributed by atoms with van der Waals surface area (Å²) in [7, 11) is -2.69. The van der Waals surface area contributed by atoms with Gasteiger partial charge in [0, 0.05) is 12.1 Å². The molecule has 1 aliphatic heterocycles. The molecule has 1 saturated heterocycles. The smallest absolute Gasteiger partial charge is 0.267 e. The molecule has 1 fully saturated rings. The number of hydrogen-bond donors (Lipinski definition) is 2. The molecule has 0 radical (unpaired) electrons. The average molecular weight is 509 g/mol. The van der Waals surface area contributed by atoms with Gasteiger partial charge in [0.15, 0.2) is 4.90 Å². The topological polar surface area (TPSA) is 101 Å². The molecule has 1 aromatic heterocycles. The molecule has 2 heterocycles. The van der Waals surface area contributed by atoms with Crippen molar-refractivity contribution in [3.63, 3.8) is 0 Å². The minimum atomic E-state index is -4.04. The van der Waals surface area contributed by atoms with Gasteiger partial charge in [0.2, 0.25) is 5.88 Å². The largest absolute Gasteiger partial charge is 0.480 e. The minimum Gasteiger partial charge on any atom is -0.480 e. The number of carbonyl (C=O) groups is 1. The van der Waals surface area contributed by atoms with E-state index >= 15 is 0 Å². The Balaban J connectivity index is 1.55. The van der Waals surface area contributed by atoms with Gasteiger partial charge in [-0.1, -0.05) is 36.8 Å². The van der Waals surface area contributed by atoms with Gasteiger partial charge in [-0.25, -0.2) is 13.4 Å². The van der Waals surface area contributed by atoms with E-state index in [-0.39, 0.29) is 22.4 Å². The van der Waals surface area contributed by atoms with Gasteiger partial charge >= 0.3 is 0 Å². The molecule has 4 rings (SSSR count). The maximum absolute atomic E-state index is 13.3. The Labute approximate surface area is 212 Å². The van der Waals surface area contributed by atoms with Crippen LogP contribution in [0.1, 0.15) is 46.3 Å². The zero-order chi connectivity index (χ0) is 25.7. The zero-order valence-electron chi connectivity index (χ0n) is 20.9. The Morgan fingerprint density at radius 2 is 1.72 bits per heavy atom. The number of methoxy groups -OCH3 is 1. The van der Waals surface area contributed by atoms with Gasteiger partial charge < -0.3 is 10.1 Å². The fourth-order valence-electron chi connectivity index (χ4n) is 4.40. The maximum atomic E-state index is 13.3. The normalized spacial score (nSPS) is 14.3. The molecule has 0 aliphatic carbocycles. The lowest BCUT2D eigenvalue weighted by Crippen LogP contribution is -2.29. The van der Waals surface area contributed by atoms with E-state index in [0.717, 1.165) is 36.3 Å². The highest BCUT2D eigenvalue weighted by atomic mass is 32.2. The predicted molar refractivity (Wildman–Crippen MR) is 141 cm³/mol. The van der Waals surface area contributed by atoms with Crippen molar-refractivity contribution in [3.8, 4) is 5.88 Å². The number of aryl methyl sites for hydroxylation is 2. The van der Waals surface area contributed by atoms with Crippen LogP contribution in [-0.4, -0.2) is 44.4 Å². The molecule has 0 unspecified atom stereocenters. The summed E-state index contributed by atoms with van der Waals surface area (Å²) in [6, 6.07) is 14.4. The van der Waals surface area contributed by atoms with Crippen LogP contribution >= 0.6 is 0 Å². The van der Waals surface area contributed by atoms with E-state index in [0.29, 0.717) is 11.3 Å². The summed E-state index contributed by atoms with van der Waals surface area (Å²) >= 11 is 0. The molecular formula is C27H32N4O4S. The number of nitrogens with zero attached hydrogens (tertiary/aromatic N) is 2. The van der Waals surface area contributed by atoms with Gasteiger partial charge in [-0.3, -0.25) is 14.4 Å². The number of amides is 1. The van der Waals surface area contributed by atoms with Gasteiger partial charge in [0.25, 0.3) is 15.9 Å². The number of rotatable bonds is 8. The fourth-order valence-corrected chi connectivity index (χ4v) is 5.75.